The van der Waals surface area contributed by atoms with Crippen molar-refractivity contribution < 1.29 is 9.53 Å². The summed E-state index contributed by atoms with van der Waals surface area (Å²) in [6.07, 6.45) is 2.52. The lowest BCUT2D eigenvalue weighted by atomic mass is 9.98. The zero-order valence-electron chi connectivity index (χ0n) is 16.6. The van der Waals surface area contributed by atoms with Crippen LogP contribution in [-0.2, 0) is 0 Å². The number of nitrogens with zero attached hydrogens (tertiary/aromatic N) is 1. The molecule has 0 aliphatic carbocycles. The fourth-order valence-electron chi connectivity index (χ4n) is 3.94. The molecule has 0 spiro atoms. The molecule has 1 aliphatic heterocycles. The van der Waals surface area contributed by atoms with Crippen LogP contribution in [0.2, 0.25) is 0 Å². The molecule has 0 saturated carbocycles. The van der Waals surface area contributed by atoms with Gasteiger partial charge in [-0.05, 0) is 49.5 Å². The van der Waals surface area contributed by atoms with Gasteiger partial charge in [-0.3, -0.25) is 9.69 Å². The highest BCUT2D eigenvalue weighted by Crippen LogP contribution is 2.32. The maximum Gasteiger partial charge on any atom is 0.251 e. The molecule has 0 radical (unpaired) electrons. The first kappa shape index (κ1) is 19.4. The van der Waals surface area contributed by atoms with Gasteiger partial charge in [-0.15, -0.1) is 0 Å². The van der Waals surface area contributed by atoms with Crippen LogP contribution >= 0.6 is 0 Å². The molecule has 2 aromatic carbocycles. The topological polar surface area (TPSA) is 41.6 Å². The second-order valence-corrected chi connectivity index (χ2v) is 7.51. The lowest BCUT2D eigenvalue weighted by Crippen LogP contribution is -2.45. The van der Waals surface area contributed by atoms with Crippen molar-refractivity contribution >= 4 is 5.91 Å². The van der Waals surface area contributed by atoms with Gasteiger partial charge in [0.2, 0.25) is 0 Å². The Labute approximate surface area is 162 Å². The van der Waals surface area contributed by atoms with E-state index in [1.807, 2.05) is 48.5 Å². The van der Waals surface area contributed by atoms with Crippen molar-refractivity contribution in [3.05, 3.63) is 54.1 Å². The minimum Gasteiger partial charge on any atom is -0.496 e. The number of hydrogen-bond acceptors (Lipinski definition) is 3. The van der Waals surface area contributed by atoms with Crippen molar-refractivity contribution in [2.24, 2.45) is 5.92 Å². The molecule has 1 N–H and O–H groups in total. The van der Waals surface area contributed by atoms with Gasteiger partial charge in [-0.2, -0.15) is 0 Å². The van der Waals surface area contributed by atoms with Crippen LogP contribution in [0.5, 0.6) is 5.75 Å². The Kier molecular flexibility index (Phi) is 6.51. The smallest absolute Gasteiger partial charge is 0.251 e. The molecule has 1 amide bonds. The van der Waals surface area contributed by atoms with Crippen molar-refractivity contribution in [2.75, 3.05) is 26.7 Å². The third-order valence-electron chi connectivity index (χ3n) is 5.42. The van der Waals surface area contributed by atoms with E-state index >= 15 is 0 Å². The number of rotatable bonds is 7. The standard InChI is InChI=1S/C23H30N2O2/c1-17(2)21(25-14-8-9-15-25)16-24-23(26)20-12-5-4-10-18(20)19-11-6-7-13-22(19)27-3/h4-7,10-13,17,21H,8-9,14-16H2,1-3H3,(H,24,26)/t21-/m1/s1. The summed E-state index contributed by atoms with van der Waals surface area (Å²) in [5.41, 5.74) is 2.52. The summed E-state index contributed by atoms with van der Waals surface area (Å²) in [5.74, 6) is 1.25. The van der Waals surface area contributed by atoms with Crippen LogP contribution in [0.4, 0.5) is 0 Å². The largest absolute Gasteiger partial charge is 0.496 e. The molecule has 4 nitrogen and oxygen atoms in total. The molecule has 1 aliphatic rings. The first-order valence-electron chi connectivity index (χ1n) is 9.86. The number of hydrogen-bond donors (Lipinski definition) is 1. The Morgan fingerprint density at radius 3 is 2.33 bits per heavy atom. The third-order valence-corrected chi connectivity index (χ3v) is 5.42. The third kappa shape index (κ3) is 4.51. The summed E-state index contributed by atoms with van der Waals surface area (Å²) in [4.78, 5) is 15.5. The van der Waals surface area contributed by atoms with E-state index in [4.69, 9.17) is 4.74 Å². The average molecular weight is 367 g/mol. The molecule has 1 saturated heterocycles. The first-order valence-corrected chi connectivity index (χ1v) is 9.86. The average Bonchev–Trinajstić information content (AvgIpc) is 3.22. The lowest BCUT2D eigenvalue weighted by Gasteiger charge is -2.31. The van der Waals surface area contributed by atoms with E-state index in [0.29, 0.717) is 24.1 Å². The van der Waals surface area contributed by atoms with E-state index in [1.54, 1.807) is 7.11 Å². The highest BCUT2D eigenvalue weighted by atomic mass is 16.5. The Morgan fingerprint density at radius 1 is 1.04 bits per heavy atom. The molecular formula is C23H30N2O2. The Balaban J connectivity index is 1.79. The molecule has 1 heterocycles. The highest BCUT2D eigenvalue weighted by molar-refractivity contribution is 6.01. The van der Waals surface area contributed by atoms with Crippen molar-refractivity contribution in [2.45, 2.75) is 32.7 Å². The monoisotopic (exact) mass is 366 g/mol. The molecule has 1 fully saturated rings. The zero-order valence-corrected chi connectivity index (χ0v) is 16.6. The number of carbonyl (C=O) groups excluding carboxylic acids is 1. The number of likely N-dealkylation sites (tertiary alicyclic amines) is 1. The van der Waals surface area contributed by atoms with Crippen molar-refractivity contribution in [3.63, 3.8) is 0 Å². The zero-order chi connectivity index (χ0) is 19.2. The number of amides is 1. The van der Waals surface area contributed by atoms with Gasteiger partial charge in [0.15, 0.2) is 0 Å². The van der Waals surface area contributed by atoms with Crippen molar-refractivity contribution in [1.29, 1.82) is 0 Å². The molecule has 0 aromatic heterocycles. The minimum atomic E-state index is -0.0265. The normalized spacial score (nSPS) is 15.7. The molecule has 27 heavy (non-hydrogen) atoms. The van der Waals surface area contributed by atoms with Crippen LogP contribution in [0.15, 0.2) is 48.5 Å². The van der Waals surface area contributed by atoms with Crippen LogP contribution in [0, 0.1) is 5.92 Å². The first-order chi connectivity index (χ1) is 13.1. The molecule has 1 atom stereocenters. The summed E-state index contributed by atoms with van der Waals surface area (Å²) >= 11 is 0. The van der Waals surface area contributed by atoms with E-state index in [9.17, 15) is 4.79 Å². The SMILES string of the molecule is COc1ccccc1-c1ccccc1C(=O)NC[C@H](C(C)C)N1CCCC1. The minimum absolute atomic E-state index is 0.0265. The van der Waals surface area contributed by atoms with E-state index in [0.717, 1.165) is 30.0 Å². The number of methoxy groups -OCH3 is 1. The number of ether oxygens (including phenoxy) is 1. The van der Waals surface area contributed by atoms with Gasteiger partial charge in [-0.25, -0.2) is 0 Å². The van der Waals surface area contributed by atoms with Crippen molar-refractivity contribution in [3.8, 4) is 16.9 Å². The highest BCUT2D eigenvalue weighted by Gasteiger charge is 2.25. The predicted molar refractivity (Wildman–Crippen MR) is 110 cm³/mol. The van der Waals surface area contributed by atoms with Crippen LogP contribution in [0.3, 0.4) is 0 Å². The molecule has 2 aromatic rings. The fraction of sp³-hybridized carbons (Fsp3) is 0.435. The van der Waals surface area contributed by atoms with Crippen LogP contribution < -0.4 is 10.1 Å². The second kappa shape index (κ2) is 9.05. The summed E-state index contributed by atoms with van der Waals surface area (Å²) in [5, 5.41) is 3.18. The van der Waals surface area contributed by atoms with Crippen LogP contribution in [0.1, 0.15) is 37.0 Å². The quantitative estimate of drug-likeness (QED) is 0.798. The molecule has 4 heteroatoms. The van der Waals surface area contributed by atoms with Gasteiger partial charge < -0.3 is 10.1 Å². The number of para-hydroxylation sites is 1. The van der Waals surface area contributed by atoms with Gasteiger partial charge in [0.1, 0.15) is 5.75 Å². The molecule has 0 bridgehead atoms. The van der Waals surface area contributed by atoms with E-state index in [2.05, 4.69) is 24.1 Å². The van der Waals surface area contributed by atoms with Gasteiger partial charge in [0.25, 0.3) is 5.91 Å². The van der Waals surface area contributed by atoms with Gasteiger partial charge in [0.05, 0.1) is 7.11 Å². The fourth-order valence-corrected chi connectivity index (χ4v) is 3.94. The number of nitrogens with one attached hydrogen (secondary N) is 1. The molecular weight excluding hydrogens is 336 g/mol. The maximum absolute atomic E-state index is 13.0. The molecule has 0 unspecified atom stereocenters. The van der Waals surface area contributed by atoms with Gasteiger partial charge >= 0.3 is 0 Å². The second-order valence-electron chi connectivity index (χ2n) is 7.51. The van der Waals surface area contributed by atoms with Crippen LogP contribution in [0.25, 0.3) is 11.1 Å². The lowest BCUT2D eigenvalue weighted by molar-refractivity contribution is 0.0928. The van der Waals surface area contributed by atoms with Gasteiger partial charge in [0, 0.05) is 23.7 Å². The predicted octanol–water partition coefficient (Wildman–Crippen LogP) is 4.21. The van der Waals surface area contributed by atoms with E-state index in [1.165, 1.54) is 12.8 Å². The summed E-state index contributed by atoms with van der Waals surface area (Å²) < 4.78 is 5.49. The van der Waals surface area contributed by atoms with E-state index in [-0.39, 0.29) is 5.91 Å². The summed E-state index contributed by atoms with van der Waals surface area (Å²) in [6, 6.07) is 15.9. The van der Waals surface area contributed by atoms with Gasteiger partial charge in [-0.1, -0.05) is 50.2 Å². The summed E-state index contributed by atoms with van der Waals surface area (Å²) in [6.45, 7) is 7.42. The Bertz CT molecular complexity index is 766. The summed E-state index contributed by atoms with van der Waals surface area (Å²) in [7, 11) is 1.66. The number of carbonyl (C=O) groups is 1. The van der Waals surface area contributed by atoms with Crippen LogP contribution in [-0.4, -0.2) is 43.6 Å². The number of benzene rings is 2. The Morgan fingerprint density at radius 2 is 1.67 bits per heavy atom. The molecule has 144 valence electrons. The molecule has 3 rings (SSSR count). The maximum atomic E-state index is 13.0. The van der Waals surface area contributed by atoms with Crippen molar-refractivity contribution in [1.82, 2.24) is 10.2 Å². The Hall–Kier alpha value is -2.33. The van der Waals surface area contributed by atoms with E-state index < -0.39 is 0 Å².